The Morgan fingerprint density at radius 3 is 3.17 bits per heavy atom. The topological polar surface area (TPSA) is 76.8 Å². The van der Waals surface area contributed by atoms with Gasteiger partial charge in [-0.25, -0.2) is 0 Å². The van der Waals surface area contributed by atoms with Crippen LogP contribution in [0.5, 0.6) is 5.88 Å². The Bertz CT molecular complexity index is 409. The van der Waals surface area contributed by atoms with Gasteiger partial charge in [0.05, 0.1) is 13.3 Å². The van der Waals surface area contributed by atoms with Crippen LogP contribution in [0.3, 0.4) is 0 Å². The van der Waals surface area contributed by atoms with Gasteiger partial charge in [0.25, 0.3) is 0 Å². The van der Waals surface area contributed by atoms with Crippen LogP contribution in [-0.4, -0.2) is 22.3 Å². The number of nitrogens with two attached hydrogens (primary N) is 1. The van der Waals surface area contributed by atoms with Gasteiger partial charge in [0.15, 0.2) is 0 Å². The van der Waals surface area contributed by atoms with Crippen LogP contribution in [0, 0.1) is 0 Å². The molecule has 0 spiro atoms. The van der Waals surface area contributed by atoms with Crippen molar-refractivity contribution in [3.63, 3.8) is 0 Å². The van der Waals surface area contributed by atoms with Gasteiger partial charge in [0.1, 0.15) is 11.3 Å². The first-order valence-corrected chi connectivity index (χ1v) is 3.45. The van der Waals surface area contributed by atoms with Gasteiger partial charge in [0, 0.05) is 5.39 Å². The van der Waals surface area contributed by atoms with E-state index in [0.717, 1.165) is 10.9 Å². The van der Waals surface area contributed by atoms with Crippen molar-refractivity contribution in [1.82, 2.24) is 15.2 Å². The van der Waals surface area contributed by atoms with Crippen LogP contribution in [0.4, 0.5) is 5.82 Å². The van der Waals surface area contributed by atoms with Gasteiger partial charge in [-0.2, -0.15) is 10.1 Å². The number of nitrogen functional groups attached to an aromatic ring is 1. The van der Waals surface area contributed by atoms with E-state index in [1.807, 2.05) is 0 Å². The van der Waals surface area contributed by atoms with Crippen molar-refractivity contribution in [1.29, 1.82) is 0 Å². The molecular formula is C7H8N4O. The van der Waals surface area contributed by atoms with E-state index in [1.54, 1.807) is 19.4 Å². The lowest BCUT2D eigenvalue weighted by Gasteiger charge is -2.00. The highest BCUT2D eigenvalue weighted by Crippen LogP contribution is 2.22. The van der Waals surface area contributed by atoms with Crippen LogP contribution in [0.25, 0.3) is 10.9 Å². The molecule has 0 bridgehead atoms. The second-order valence-electron chi connectivity index (χ2n) is 2.39. The maximum atomic E-state index is 5.53. The van der Waals surface area contributed by atoms with Crippen molar-refractivity contribution in [2.75, 3.05) is 12.8 Å². The normalized spacial score (nSPS) is 10.4. The highest BCUT2D eigenvalue weighted by molar-refractivity contribution is 5.84. The summed E-state index contributed by atoms with van der Waals surface area (Å²) in [6.45, 7) is 0. The van der Waals surface area contributed by atoms with E-state index in [4.69, 9.17) is 10.5 Å². The van der Waals surface area contributed by atoms with E-state index in [9.17, 15) is 0 Å². The van der Waals surface area contributed by atoms with E-state index >= 15 is 0 Å². The average Bonchev–Trinajstić information content (AvgIpc) is 2.50. The molecule has 0 fully saturated rings. The monoisotopic (exact) mass is 164 g/mol. The molecule has 0 unspecified atom stereocenters. The Morgan fingerprint density at radius 1 is 1.58 bits per heavy atom. The Kier molecular flexibility index (Phi) is 1.36. The quantitative estimate of drug-likeness (QED) is 0.645. The summed E-state index contributed by atoms with van der Waals surface area (Å²) in [5, 5.41) is 7.53. The zero-order chi connectivity index (χ0) is 8.55. The Labute approximate surface area is 68.5 Å². The minimum Gasteiger partial charge on any atom is -0.479 e. The predicted octanol–water partition coefficient (Wildman–Crippen LogP) is 0.549. The molecule has 0 radical (unpaired) electrons. The van der Waals surface area contributed by atoms with E-state index in [-0.39, 0.29) is 0 Å². The lowest BCUT2D eigenvalue weighted by molar-refractivity contribution is 0.403. The molecule has 2 aromatic rings. The maximum absolute atomic E-state index is 5.53. The van der Waals surface area contributed by atoms with Gasteiger partial charge >= 0.3 is 0 Å². The number of hydrogen-bond donors (Lipinski definition) is 2. The number of nitrogens with one attached hydrogen (secondary N) is 1. The SMILES string of the molecule is COc1nc(N)cc2cn[nH]c12. The highest BCUT2D eigenvalue weighted by Gasteiger charge is 2.05. The molecule has 0 aliphatic rings. The minimum absolute atomic E-state index is 0.431. The van der Waals surface area contributed by atoms with Gasteiger partial charge in [-0.15, -0.1) is 0 Å². The summed E-state index contributed by atoms with van der Waals surface area (Å²) < 4.78 is 5.00. The summed E-state index contributed by atoms with van der Waals surface area (Å²) in [6, 6.07) is 1.74. The van der Waals surface area contributed by atoms with Crippen molar-refractivity contribution in [3.05, 3.63) is 12.3 Å². The van der Waals surface area contributed by atoms with Crippen molar-refractivity contribution >= 4 is 16.7 Å². The molecule has 12 heavy (non-hydrogen) atoms. The average molecular weight is 164 g/mol. The van der Waals surface area contributed by atoms with Crippen LogP contribution in [-0.2, 0) is 0 Å². The Balaban J connectivity index is 2.80. The van der Waals surface area contributed by atoms with Crippen LogP contribution in [0.1, 0.15) is 0 Å². The van der Waals surface area contributed by atoms with Crippen LogP contribution < -0.4 is 10.5 Å². The highest BCUT2D eigenvalue weighted by atomic mass is 16.5. The number of rotatable bonds is 1. The first-order valence-electron chi connectivity index (χ1n) is 3.45. The number of fused-ring (bicyclic) bond motifs is 1. The van der Waals surface area contributed by atoms with Crippen molar-refractivity contribution in [2.45, 2.75) is 0 Å². The molecule has 5 nitrogen and oxygen atoms in total. The standard InChI is InChI=1S/C7H8N4O/c1-12-7-6-4(3-9-11-6)2-5(8)10-7/h2-3H,1H3,(H2,8,10)(H,9,11). The molecule has 2 heterocycles. The van der Waals surface area contributed by atoms with Gasteiger partial charge in [0.2, 0.25) is 5.88 Å². The number of nitrogens with zero attached hydrogens (tertiary/aromatic N) is 2. The van der Waals surface area contributed by atoms with Crippen molar-refractivity contribution < 1.29 is 4.74 Å². The number of methoxy groups -OCH3 is 1. The zero-order valence-electron chi connectivity index (χ0n) is 6.53. The van der Waals surface area contributed by atoms with Crippen molar-refractivity contribution in [3.8, 4) is 5.88 Å². The molecule has 2 rings (SSSR count). The molecular weight excluding hydrogens is 156 g/mol. The molecule has 62 valence electrons. The van der Waals surface area contributed by atoms with E-state index < -0.39 is 0 Å². The smallest absolute Gasteiger partial charge is 0.241 e. The van der Waals surface area contributed by atoms with Crippen LogP contribution in [0.15, 0.2) is 12.3 Å². The van der Waals surface area contributed by atoms with Gasteiger partial charge in [-0.1, -0.05) is 0 Å². The largest absolute Gasteiger partial charge is 0.479 e. The predicted molar refractivity (Wildman–Crippen MR) is 44.9 cm³/mol. The molecule has 0 aromatic carbocycles. The van der Waals surface area contributed by atoms with E-state index in [2.05, 4.69) is 15.2 Å². The molecule has 5 heteroatoms. The number of aromatic nitrogens is 3. The number of pyridine rings is 1. The number of hydrogen-bond acceptors (Lipinski definition) is 4. The third-order valence-electron chi connectivity index (χ3n) is 1.61. The lowest BCUT2D eigenvalue weighted by atomic mass is 10.3. The first kappa shape index (κ1) is 6.90. The van der Waals surface area contributed by atoms with E-state index in [1.165, 1.54) is 0 Å². The fourth-order valence-electron chi connectivity index (χ4n) is 1.09. The summed E-state index contributed by atoms with van der Waals surface area (Å²) in [7, 11) is 1.54. The third kappa shape index (κ3) is 0.868. The number of anilines is 1. The number of H-pyrrole nitrogens is 1. The van der Waals surface area contributed by atoms with Crippen molar-refractivity contribution in [2.24, 2.45) is 0 Å². The lowest BCUT2D eigenvalue weighted by Crippen LogP contribution is -1.94. The maximum Gasteiger partial charge on any atom is 0.241 e. The van der Waals surface area contributed by atoms with E-state index in [0.29, 0.717) is 11.7 Å². The number of ether oxygens (including phenoxy) is 1. The van der Waals surface area contributed by atoms with Gasteiger partial charge in [-0.05, 0) is 6.07 Å². The summed E-state index contributed by atoms with van der Waals surface area (Å²) in [6.07, 6.45) is 1.68. The second-order valence-corrected chi connectivity index (χ2v) is 2.39. The summed E-state index contributed by atoms with van der Waals surface area (Å²) in [5.41, 5.74) is 6.30. The fourth-order valence-corrected chi connectivity index (χ4v) is 1.09. The summed E-state index contributed by atoms with van der Waals surface area (Å²) in [4.78, 5) is 3.98. The number of aromatic amines is 1. The minimum atomic E-state index is 0.431. The van der Waals surface area contributed by atoms with Gasteiger partial charge in [-0.3, -0.25) is 5.10 Å². The van der Waals surface area contributed by atoms with Gasteiger partial charge < -0.3 is 10.5 Å². The Morgan fingerprint density at radius 2 is 2.42 bits per heavy atom. The molecule has 0 atom stereocenters. The molecule has 3 N–H and O–H groups in total. The molecule has 0 aliphatic heterocycles. The fraction of sp³-hybridized carbons (Fsp3) is 0.143. The third-order valence-corrected chi connectivity index (χ3v) is 1.61. The summed E-state index contributed by atoms with van der Waals surface area (Å²) >= 11 is 0. The molecule has 0 saturated carbocycles. The molecule has 0 amide bonds. The van der Waals surface area contributed by atoms with Crippen LogP contribution in [0.2, 0.25) is 0 Å². The first-order chi connectivity index (χ1) is 5.81. The summed E-state index contributed by atoms with van der Waals surface area (Å²) in [5.74, 6) is 0.906. The zero-order valence-corrected chi connectivity index (χ0v) is 6.53. The molecule has 2 aromatic heterocycles. The Hall–Kier alpha value is -1.78. The van der Waals surface area contributed by atoms with Crippen LogP contribution >= 0.6 is 0 Å². The second kappa shape index (κ2) is 2.37. The molecule has 0 saturated heterocycles. The molecule has 0 aliphatic carbocycles.